The number of hydrogen-bond acceptors (Lipinski definition) is 3. The molecule has 0 saturated heterocycles. The van der Waals surface area contributed by atoms with E-state index in [1.165, 1.54) is 0 Å². The second-order valence-electron chi connectivity index (χ2n) is 4.94. The van der Waals surface area contributed by atoms with Gasteiger partial charge in [-0.25, -0.2) is 4.98 Å². The lowest BCUT2D eigenvalue weighted by Gasteiger charge is -2.12. The van der Waals surface area contributed by atoms with Crippen molar-refractivity contribution in [3.63, 3.8) is 0 Å². The molecule has 2 rings (SSSR count). The molecule has 0 aliphatic carbocycles. The minimum Gasteiger partial charge on any atom is -0.385 e. The first-order valence-corrected chi connectivity index (χ1v) is 6.41. The monoisotopic (exact) mass is 261 g/mol. The van der Waals surface area contributed by atoms with Crippen molar-refractivity contribution in [2.75, 3.05) is 0 Å². The maximum Gasteiger partial charge on any atom is 0.240 e. The quantitative estimate of drug-likeness (QED) is 0.878. The standard InChI is InChI=1S/C14H19N3O2/c1-9(2)15-13(19)8-17-12-7-5-4-6-11(12)16-14(17)10(3)18/h4-7,9-10,18H,8H2,1-3H3,(H,15,19). The van der Waals surface area contributed by atoms with Crippen molar-refractivity contribution >= 4 is 16.9 Å². The highest BCUT2D eigenvalue weighted by Crippen LogP contribution is 2.20. The van der Waals surface area contributed by atoms with Crippen LogP contribution in [0.25, 0.3) is 11.0 Å². The van der Waals surface area contributed by atoms with E-state index in [4.69, 9.17) is 0 Å². The second kappa shape index (κ2) is 5.40. The van der Waals surface area contributed by atoms with Crippen molar-refractivity contribution in [2.45, 2.75) is 39.5 Å². The summed E-state index contributed by atoms with van der Waals surface area (Å²) in [4.78, 5) is 16.3. The number of aromatic nitrogens is 2. The van der Waals surface area contributed by atoms with E-state index < -0.39 is 6.10 Å². The molecule has 1 amide bonds. The van der Waals surface area contributed by atoms with Crippen LogP contribution in [0.4, 0.5) is 0 Å². The van der Waals surface area contributed by atoms with E-state index in [-0.39, 0.29) is 18.5 Å². The van der Waals surface area contributed by atoms with Crippen LogP contribution in [0.3, 0.4) is 0 Å². The van der Waals surface area contributed by atoms with Crippen LogP contribution in [0.15, 0.2) is 24.3 Å². The van der Waals surface area contributed by atoms with Crippen molar-refractivity contribution in [3.05, 3.63) is 30.1 Å². The Bertz CT molecular complexity index is 587. The topological polar surface area (TPSA) is 67.2 Å². The number of imidazole rings is 1. The molecule has 2 N–H and O–H groups in total. The number of para-hydroxylation sites is 2. The van der Waals surface area contributed by atoms with Gasteiger partial charge in [0.15, 0.2) is 0 Å². The number of fused-ring (bicyclic) bond motifs is 1. The number of carbonyl (C=O) groups is 1. The number of benzene rings is 1. The number of amides is 1. The molecule has 1 atom stereocenters. The zero-order valence-electron chi connectivity index (χ0n) is 11.4. The van der Waals surface area contributed by atoms with E-state index in [1.807, 2.05) is 38.1 Å². The first-order valence-electron chi connectivity index (χ1n) is 6.41. The van der Waals surface area contributed by atoms with E-state index in [0.717, 1.165) is 11.0 Å². The number of hydrogen-bond donors (Lipinski definition) is 2. The predicted molar refractivity (Wildman–Crippen MR) is 73.6 cm³/mol. The Kier molecular flexibility index (Phi) is 3.85. The highest BCUT2D eigenvalue weighted by Gasteiger charge is 2.16. The molecule has 1 heterocycles. The summed E-state index contributed by atoms with van der Waals surface area (Å²) in [5, 5.41) is 12.6. The second-order valence-corrected chi connectivity index (χ2v) is 4.94. The molecule has 0 fully saturated rings. The molecule has 102 valence electrons. The lowest BCUT2D eigenvalue weighted by Crippen LogP contribution is -2.33. The van der Waals surface area contributed by atoms with Gasteiger partial charge in [0.05, 0.1) is 11.0 Å². The van der Waals surface area contributed by atoms with Gasteiger partial charge in [0.1, 0.15) is 18.5 Å². The van der Waals surface area contributed by atoms with Gasteiger partial charge in [-0.2, -0.15) is 0 Å². The van der Waals surface area contributed by atoms with Crippen molar-refractivity contribution in [3.8, 4) is 0 Å². The van der Waals surface area contributed by atoms with Gasteiger partial charge in [-0.15, -0.1) is 0 Å². The Morgan fingerprint density at radius 3 is 2.68 bits per heavy atom. The molecule has 0 aliphatic rings. The van der Waals surface area contributed by atoms with E-state index in [1.54, 1.807) is 11.5 Å². The van der Waals surface area contributed by atoms with Crippen molar-refractivity contribution < 1.29 is 9.90 Å². The van der Waals surface area contributed by atoms with E-state index in [0.29, 0.717) is 5.82 Å². The van der Waals surface area contributed by atoms with Crippen LogP contribution in [0, 0.1) is 0 Å². The van der Waals surface area contributed by atoms with Crippen LogP contribution >= 0.6 is 0 Å². The molecular weight excluding hydrogens is 242 g/mol. The van der Waals surface area contributed by atoms with Gasteiger partial charge in [0.25, 0.3) is 0 Å². The number of aliphatic hydroxyl groups excluding tert-OH is 1. The number of nitrogens with zero attached hydrogens (tertiary/aromatic N) is 2. The summed E-state index contributed by atoms with van der Waals surface area (Å²) in [6, 6.07) is 7.65. The van der Waals surface area contributed by atoms with E-state index >= 15 is 0 Å². The molecule has 0 bridgehead atoms. The zero-order valence-corrected chi connectivity index (χ0v) is 11.4. The number of rotatable bonds is 4. The normalized spacial score (nSPS) is 12.9. The van der Waals surface area contributed by atoms with Crippen molar-refractivity contribution in [2.24, 2.45) is 0 Å². The lowest BCUT2D eigenvalue weighted by atomic mass is 10.3. The van der Waals surface area contributed by atoms with Crippen molar-refractivity contribution in [1.29, 1.82) is 0 Å². The fourth-order valence-electron chi connectivity index (χ4n) is 2.09. The highest BCUT2D eigenvalue weighted by molar-refractivity contribution is 5.81. The summed E-state index contributed by atoms with van der Waals surface area (Å²) in [5.74, 6) is 0.431. The van der Waals surface area contributed by atoms with Gasteiger partial charge in [0, 0.05) is 6.04 Å². The number of aliphatic hydroxyl groups is 1. The fourth-order valence-corrected chi connectivity index (χ4v) is 2.09. The third-order valence-corrected chi connectivity index (χ3v) is 2.81. The number of nitrogens with one attached hydrogen (secondary N) is 1. The molecule has 0 aliphatic heterocycles. The Morgan fingerprint density at radius 1 is 1.37 bits per heavy atom. The molecule has 5 heteroatoms. The third-order valence-electron chi connectivity index (χ3n) is 2.81. The first kappa shape index (κ1) is 13.5. The Morgan fingerprint density at radius 2 is 2.05 bits per heavy atom. The minimum absolute atomic E-state index is 0.0833. The van der Waals surface area contributed by atoms with Gasteiger partial charge in [0.2, 0.25) is 5.91 Å². The van der Waals surface area contributed by atoms with Gasteiger partial charge in [-0.3, -0.25) is 4.79 Å². The summed E-state index contributed by atoms with van der Waals surface area (Å²) in [7, 11) is 0. The number of carbonyl (C=O) groups excluding carboxylic acids is 1. The average molecular weight is 261 g/mol. The zero-order chi connectivity index (χ0) is 14.0. The lowest BCUT2D eigenvalue weighted by molar-refractivity contribution is -0.122. The molecule has 0 saturated carbocycles. The largest absolute Gasteiger partial charge is 0.385 e. The molecule has 0 radical (unpaired) electrons. The molecule has 1 unspecified atom stereocenters. The molecule has 0 spiro atoms. The van der Waals surface area contributed by atoms with Gasteiger partial charge >= 0.3 is 0 Å². The summed E-state index contributed by atoms with van der Waals surface area (Å²) in [6.07, 6.45) is -0.709. The van der Waals surface area contributed by atoms with Crippen LogP contribution in [0.2, 0.25) is 0 Å². The minimum atomic E-state index is -0.709. The molecule has 5 nitrogen and oxygen atoms in total. The third kappa shape index (κ3) is 2.93. The molecule has 1 aromatic heterocycles. The highest BCUT2D eigenvalue weighted by atomic mass is 16.3. The summed E-state index contributed by atoms with van der Waals surface area (Å²) in [6.45, 7) is 5.65. The average Bonchev–Trinajstić information content (AvgIpc) is 2.67. The van der Waals surface area contributed by atoms with Crippen LogP contribution in [0.1, 0.15) is 32.7 Å². The summed E-state index contributed by atoms with van der Waals surface area (Å²) >= 11 is 0. The smallest absolute Gasteiger partial charge is 0.240 e. The maximum absolute atomic E-state index is 11.9. The Hall–Kier alpha value is -1.88. The summed E-state index contributed by atoms with van der Waals surface area (Å²) in [5.41, 5.74) is 1.65. The van der Waals surface area contributed by atoms with Crippen LogP contribution in [-0.2, 0) is 11.3 Å². The molecule has 2 aromatic rings. The van der Waals surface area contributed by atoms with Crippen LogP contribution in [0.5, 0.6) is 0 Å². The first-order chi connectivity index (χ1) is 8.99. The van der Waals surface area contributed by atoms with Gasteiger partial charge in [-0.05, 0) is 32.9 Å². The Balaban J connectivity index is 2.39. The fraction of sp³-hybridized carbons (Fsp3) is 0.429. The van der Waals surface area contributed by atoms with Gasteiger partial charge < -0.3 is 15.0 Å². The van der Waals surface area contributed by atoms with E-state index in [9.17, 15) is 9.90 Å². The predicted octanol–water partition coefficient (Wildman–Crippen LogP) is 1.61. The maximum atomic E-state index is 11.9. The van der Waals surface area contributed by atoms with Gasteiger partial charge in [-0.1, -0.05) is 12.1 Å². The molecule has 19 heavy (non-hydrogen) atoms. The molecule has 1 aromatic carbocycles. The van der Waals surface area contributed by atoms with Crippen molar-refractivity contribution in [1.82, 2.24) is 14.9 Å². The summed E-state index contributed by atoms with van der Waals surface area (Å²) < 4.78 is 1.76. The Labute approximate surface area is 112 Å². The SMILES string of the molecule is CC(C)NC(=O)Cn1c(C(C)O)nc2ccccc21. The van der Waals surface area contributed by atoms with Crippen LogP contribution in [-0.4, -0.2) is 26.6 Å². The molecular formula is C14H19N3O2. The van der Waals surface area contributed by atoms with E-state index in [2.05, 4.69) is 10.3 Å². The van der Waals surface area contributed by atoms with Crippen LogP contribution < -0.4 is 5.32 Å².